The molecule has 1 aromatic carbocycles. The molecule has 5 heteroatoms. The Labute approximate surface area is 114 Å². The van der Waals surface area contributed by atoms with Crippen LogP contribution in [0.1, 0.15) is 12.5 Å². The zero-order chi connectivity index (χ0) is 12.0. The summed E-state index contributed by atoms with van der Waals surface area (Å²) in [7, 11) is 1.77. The van der Waals surface area contributed by atoms with Crippen molar-refractivity contribution in [3.63, 3.8) is 0 Å². The molecule has 1 aromatic rings. The van der Waals surface area contributed by atoms with Crippen LogP contribution in [0.5, 0.6) is 0 Å². The molecule has 96 valence electrons. The summed E-state index contributed by atoms with van der Waals surface area (Å²) >= 11 is 6.05. The molecule has 0 atom stereocenters. The molecule has 1 amide bonds. The first-order valence-corrected chi connectivity index (χ1v) is 5.72. The maximum absolute atomic E-state index is 11.7. The van der Waals surface area contributed by atoms with Gasteiger partial charge >= 0.3 is 0 Å². The maximum Gasteiger partial charge on any atom is 0.236 e. The van der Waals surface area contributed by atoms with Gasteiger partial charge in [-0.25, -0.2) is 0 Å². The normalized spacial score (nSPS) is 9.59. The number of rotatable bonds is 5. The lowest BCUT2D eigenvalue weighted by Crippen LogP contribution is -2.36. The minimum absolute atomic E-state index is 0. The highest BCUT2D eigenvalue weighted by Crippen LogP contribution is 2.16. The van der Waals surface area contributed by atoms with Gasteiger partial charge in [0.1, 0.15) is 0 Å². The van der Waals surface area contributed by atoms with E-state index in [1.54, 1.807) is 11.9 Å². The predicted octanol–water partition coefficient (Wildman–Crippen LogP) is 2.33. The predicted molar refractivity (Wildman–Crippen MR) is 73.7 cm³/mol. The molecule has 0 bridgehead atoms. The fourth-order valence-electron chi connectivity index (χ4n) is 1.47. The van der Waals surface area contributed by atoms with Crippen LogP contribution < -0.4 is 5.32 Å². The Balaban J connectivity index is 0.00000256. The van der Waals surface area contributed by atoms with E-state index in [-0.39, 0.29) is 18.3 Å². The Hall–Kier alpha value is -0.770. The van der Waals surface area contributed by atoms with Crippen LogP contribution in [0.3, 0.4) is 0 Å². The molecule has 0 saturated heterocycles. The number of hydrogen-bond acceptors (Lipinski definition) is 2. The number of nitrogens with zero attached hydrogens (tertiary/aromatic N) is 1. The Morgan fingerprint density at radius 3 is 2.59 bits per heavy atom. The van der Waals surface area contributed by atoms with E-state index in [9.17, 15) is 4.79 Å². The van der Waals surface area contributed by atoms with E-state index in [0.717, 1.165) is 5.56 Å². The van der Waals surface area contributed by atoms with Gasteiger partial charge in [0.2, 0.25) is 5.91 Å². The first kappa shape index (κ1) is 16.2. The van der Waals surface area contributed by atoms with Crippen molar-refractivity contribution in [1.29, 1.82) is 0 Å². The fraction of sp³-hybridized carbons (Fsp3) is 0.417. The van der Waals surface area contributed by atoms with Crippen LogP contribution in [0.2, 0.25) is 5.02 Å². The van der Waals surface area contributed by atoms with Gasteiger partial charge < -0.3 is 10.2 Å². The third kappa shape index (κ3) is 4.94. The molecule has 17 heavy (non-hydrogen) atoms. The second kappa shape index (κ2) is 8.34. The van der Waals surface area contributed by atoms with E-state index in [2.05, 4.69) is 5.32 Å². The lowest BCUT2D eigenvalue weighted by molar-refractivity contribution is -0.130. The Morgan fingerprint density at radius 1 is 1.41 bits per heavy atom. The van der Waals surface area contributed by atoms with Crippen LogP contribution in [-0.2, 0) is 11.3 Å². The molecule has 0 saturated carbocycles. The molecule has 0 heterocycles. The van der Waals surface area contributed by atoms with Crippen molar-refractivity contribution in [2.45, 2.75) is 13.5 Å². The van der Waals surface area contributed by atoms with Crippen LogP contribution in [0.4, 0.5) is 0 Å². The number of benzene rings is 1. The minimum Gasteiger partial charge on any atom is -0.337 e. The highest BCUT2D eigenvalue weighted by atomic mass is 35.5. The van der Waals surface area contributed by atoms with E-state index in [0.29, 0.717) is 24.7 Å². The highest BCUT2D eigenvalue weighted by molar-refractivity contribution is 6.31. The van der Waals surface area contributed by atoms with Gasteiger partial charge in [-0.2, -0.15) is 0 Å². The van der Waals surface area contributed by atoms with E-state index in [1.165, 1.54) is 0 Å². The van der Waals surface area contributed by atoms with Crippen LogP contribution in [0.25, 0.3) is 0 Å². The summed E-state index contributed by atoms with van der Waals surface area (Å²) in [5.74, 6) is 0.0879. The summed E-state index contributed by atoms with van der Waals surface area (Å²) in [6, 6.07) is 7.60. The monoisotopic (exact) mass is 276 g/mol. The van der Waals surface area contributed by atoms with Gasteiger partial charge in [-0.3, -0.25) is 4.79 Å². The topological polar surface area (TPSA) is 32.3 Å². The van der Waals surface area contributed by atoms with Crippen LogP contribution >= 0.6 is 24.0 Å². The Morgan fingerprint density at radius 2 is 2.06 bits per heavy atom. The van der Waals surface area contributed by atoms with Crippen molar-refractivity contribution >= 4 is 29.9 Å². The number of likely N-dealkylation sites (N-methyl/N-ethyl adjacent to an activating group) is 2. The lowest BCUT2D eigenvalue weighted by atomic mass is 10.2. The summed E-state index contributed by atoms with van der Waals surface area (Å²) in [5.41, 5.74) is 0.982. The van der Waals surface area contributed by atoms with Crippen LogP contribution in [-0.4, -0.2) is 30.9 Å². The maximum atomic E-state index is 11.7. The molecule has 0 aliphatic carbocycles. The van der Waals surface area contributed by atoms with Crippen molar-refractivity contribution in [3.8, 4) is 0 Å². The van der Waals surface area contributed by atoms with Crippen molar-refractivity contribution in [1.82, 2.24) is 10.2 Å². The molecule has 3 nitrogen and oxygen atoms in total. The summed E-state index contributed by atoms with van der Waals surface area (Å²) < 4.78 is 0. The summed E-state index contributed by atoms with van der Waals surface area (Å²) in [6.07, 6.45) is 0. The molecular weight excluding hydrogens is 259 g/mol. The smallest absolute Gasteiger partial charge is 0.236 e. The summed E-state index contributed by atoms with van der Waals surface area (Å²) in [4.78, 5) is 13.5. The standard InChI is InChI=1S/C12H17ClN2O.ClH/c1-3-15(12(16)8-14-2)9-10-6-4-5-7-11(10)13;/h4-7,14H,3,8-9H2,1-2H3;1H. The van der Waals surface area contributed by atoms with Gasteiger partial charge in [-0.1, -0.05) is 29.8 Å². The van der Waals surface area contributed by atoms with Crippen molar-refractivity contribution < 1.29 is 4.79 Å². The zero-order valence-corrected chi connectivity index (χ0v) is 11.6. The first-order valence-electron chi connectivity index (χ1n) is 5.34. The number of carbonyl (C=O) groups excluding carboxylic acids is 1. The molecule has 0 aromatic heterocycles. The van der Waals surface area contributed by atoms with Gasteiger partial charge in [-0.05, 0) is 25.6 Å². The SMILES string of the molecule is CCN(Cc1ccccc1Cl)C(=O)CNC.Cl. The number of halogens is 2. The van der Waals surface area contributed by atoms with Gasteiger partial charge in [0.05, 0.1) is 6.54 Å². The fourth-order valence-corrected chi connectivity index (χ4v) is 1.67. The molecule has 0 aliphatic rings. The second-order valence-corrected chi connectivity index (χ2v) is 3.94. The van der Waals surface area contributed by atoms with Gasteiger partial charge in [0.15, 0.2) is 0 Å². The molecule has 0 unspecified atom stereocenters. The summed E-state index contributed by atoms with van der Waals surface area (Å²) in [6.45, 7) is 3.57. The molecular formula is C12H18Cl2N2O. The number of carbonyl (C=O) groups is 1. The van der Waals surface area contributed by atoms with Crippen molar-refractivity contribution in [2.24, 2.45) is 0 Å². The minimum atomic E-state index is 0. The third-order valence-electron chi connectivity index (χ3n) is 2.38. The summed E-state index contributed by atoms with van der Waals surface area (Å²) in [5, 5.41) is 3.57. The van der Waals surface area contributed by atoms with Gasteiger partial charge in [0, 0.05) is 18.1 Å². The van der Waals surface area contributed by atoms with Crippen LogP contribution in [0.15, 0.2) is 24.3 Å². The quantitative estimate of drug-likeness (QED) is 0.896. The largest absolute Gasteiger partial charge is 0.337 e. The highest BCUT2D eigenvalue weighted by Gasteiger charge is 2.12. The number of amides is 1. The van der Waals surface area contributed by atoms with Crippen LogP contribution in [0, 0.1) is 0 Å². The van der Waals surface area contributed by atoms with Crippen molar-refractivity contribution in [2.75, 3.05) is 20.1 Å². The average Bonchev–Trinajstić information content (AvgIpc) is 2.28. The Kier molecular flexibility index (Phi) is 7.96. The lowest BCUT2D eigenvalue weighted by Gasteiger charge is -2.21. The van der Waals surface area contributed by atoms with Gasteiger partial charge in [0.25, 0.3) is 0 Å². The zero-order valence-electron chi connectivity index (χ0n) is 10.1. The molecule has 1 rings (SSSR count). The Bertz CT molecular complexity index is 358. The van der Waals surface area contributed by atoms with E-state index in [4.69, 9.17) is 11.6 Å². The molecule has 0 spiro atoms. The number of nitrogens with one attached hydrogen (secondary N) is 1. The number of hydrogen-bond donors (Lipinski definition) is 1. The first-order chi connectivity index (χ1) is 7.69. The third-order valence-corrected chi connectivity index (χ3v) is 2.75. The molecule has 1 N–H and O–H groups in total. The van der Waals surface area contributed by atoms with E-state index < -0.39 is 0 Å². The van der Waals surface area contributed by atoms with Crippen molar-refractivity contribution in [3.05, 3.63) is 34.9 Å². The molecule has 0 radical (unpaired) electrons. The molecule has 0 fully saturated rings. The second-order valence-electron chi connectivity index (χ2n) is 3.53. The molecule has 0 aliphatic heterocycles. The van der Waals surface area contributed by atoms with E-state index >= 15 is 0 Å². The van der Waals surface area contributed by atoms with E-state index in [1.807, 2.05) is 31.2 Å². The average molecular weight is 277 g/mol. The van der Waals surface area contributed by atoms with Gasteiger partial charge in [-0.15, -0.1) is 12.4 Å².